The van der Waals surface area contributed by atoms with Crippen molar-refractivity contribution < 1.29 is 0 Å². The Morgan fingerprint density at radius 1 is 0.303 bits per heavy atom. The number of hydrogen-bond acceptors (Lipinski definition) is 2. The summed E-state index contributed by atoms with van der Waals surface area (Å²) in [6.07, 6.45) is 0. The number of rotatable bonds is 5. The molecule has 4 aromatic heterocycles. The van der Waals surface area contributed by atoms with Crippen molar-refractivity contribution in [3.63, 3.8) is 0 Å². The van der Waals surface area contributed by atoms with Gasteiger partial charge in [-0.05, 0) is 59.7 Å². The third kappa shape index (κ3) is 5.07. The number of aromatic nitrogens is 3. The Morgan fingerprint density at radius 2 is 0.667 bits per heavy atom. The van der Waals surface area contributed by atoms with E-state index in [0.717, 1.165) is 94.0 Å². The molecule has 0 radical (unpaired) electrons. The normalized spacial score (nSPS) is 11.9. The quantitative estimate of drug-likeness (QED) is 0.170. The smallest absolute Gasteiger partial charge is 0.101 e. The summed E-state index contributed by atoms with van der Waals surface area (Å²) in [6.45, 7) is 0. The monoisotopic (exact) mass is 856 g/mol. The third-order valence-corrected chi connectivity index (χ3v) is 14.8. The fourth-order valence-electron chi connectivity index (χ4n) is 11.0. The Labute approximate surface area is 383 Å². The summed E-state index contributed by atoms with van der Waals surface area (Å²) in [5, 5.41) is 21.5. The molecule has 10 aromatic carbocycles. The molecule has 5 heteroatoms. The Hall–Kier alpha value is -8.69. The topological polar surface area (TPSA) is 38.6 Å². The summed E-state index contributed by atoms with van der Waals surface area (Å²) in [6, 6.07) is 81.4. The van der Waals surface area contributed by atoms with E-state index in [1.807, 2.05) is 11.3 Å². The molecule has 0 saturated carbocycles. The van der Waals surface area contributed by atoms with Crippen molar-refractivity contribution in [3.05, 3.63) is 224 Å². The van der Waals surface area contributed by atoms with Gasteiger partial charge in [0.2, 0.25) is 0 Å². The number of hydrogen-bond donors (Lipinski definition) is 0. The van der Waals surface area contributed by atoms with E-state index in [2.05, 4.69) is 238 Å². The van der Waals surface area contributed by atoms with Crippen molar-refractivity contribution >= 4 is 96.9 Å². The average molecular weight is 857 g/mol. The van der Waals surface area contributed by atoms with Gasteiger partial charge >= 0.3 is 0 Å². The molecule has 14 rings (SSSR count). The molecule has 306 valence electrons. The van der Waals surface area contributed by atoms with Crippen LogP contribution in [0.3, 0.4) is 0 Å². The molecule has 0 bridgehead atoms. The summed E-state index contributed by atoms with van der Waals surface area (Å²) in [5.74, 6) is 0. The van der Waals surface area contributed by atoms with E-state index < -0.39 is 0 Å². The summed E-state index contributed by atoms with van der Waals surface area (Å²) in [5.41, 5.74) is 13.6. The first-order valence-electron chi connectivity index (χ1n) is 22.3. The second-order valence-electron chi connectivity index (χ2n) is 17.1. The molecular weight excluding hydrogens is 821 g/mol. The Morgan fingerprint density at radius 3 is 1.11 bits per heavy atom. The summed E-state index contributed by atoms with van der Waals surface area (Å²) in [7, 11) is 0. The van der Waals surface area contributed by atoms with E-state index in [0.29, 0.717) is 5.56 Å². The largest absolute Gasteiger partial charge is 0.306 e. The molecule has 0 aliphatic carbocycles. The number of nitrogens with zero attached hydrogens (tertiary/aromatic N) is 4. The van der Waals surface area contributed by atoms with Gasteiger partial charge in [-0.15, -0.1) is 11.3 Å². The molecule has 0 amide bonds. The first-order chi connectivity index (χ1) is 32.8. The van der Waals surface area contributed by atoms with Crippen LogP contribution in [0.15, 0.2) is 218 Å². The number of benzene rings is 10. The molecule has 0 N–H and O–H groups in total. The summed E-state index contributed by atoms with van der Waals surface area (Å²) < 4.78 is 9.97. The van der Waals surface area contributed by atoms with Crippen LogP contribution in [0.4, 0.5) is 0 Å². The lowest BCUT2D eigenvalue weighted by Gasteiger charge is -2.29. The van der Waals surface area contributed by atoms with E-state index in [1.165, 1.54) is 30.9 Å². The van der Waals surface area contributed by atoms with Crippen LogP contribution in [-0.2, 0) is 0 Å². The average Bonchev–Trinajstić information content (AvgIpc) is 4.11. The van der Waals surface area contributed by atoms with Crippen molar-refractivity contribution in [1.29, 1.82) is 5.26 Å². The molecule has 0 saturated heterocycles. The summed E-state index contributed by atoms with van der Waals surface area (Å²) in [4.78, 5) is 0. The highest BCUT2D eigenvalue weighted by molar-refractivity contribution is 7.25. The van der Waals surface area contributed by atoms with Crippen LogP contribution < -0.4 is 0 Å². The van der Waals surface area contributed by atoms with Gasteiger partial charge in [-0.3, -0.25) is 0 Å². The first-order valence-corrected chi connectivity index (χ1v) is 23.2. The highest BCUT2D eigenvalue weighted by atomic mass is 32.1. The lowest BCUT2D eigenvalue weighted by molar-refractivity contribution is 1.05. The highest BCUT2D eigenvalue weighted by Gasteiger charge is 2.33. The van der Waals surface area contributed by atoms with Crippen LogP contribution in [0.2, 0.25) is 0 Å². The predicted molar refractivity (Wildman–Crippen MR) is 278 cm³/mol. The maximum atomic E-state index is 12.1. The van der Waals surface area contributed by atoms with E-state index in [4.69, 9.17) is 0 Å². The molecule has 66 heavy (non-hydrogen) atoms. The Balaban J connectivity index is 1.35. The number of para-hydroxylation sites is 5. The van der Waals surface area contributed by atoms with Crippen molar-refractivity contribution in [2.45, 2.75) is 0 Å². The zero-order valence-electron chi connectivity index (χ0n) is 35.5. The van der Waals surface area contributed by atoms with Gasteiger partial charge in [0.25, 0.3) is 0 Å². The van der Waals surface area contributed by atoms with Crippen molar-refractivity contribution in [3.8, 4) is 45.4 Å². The standard InChI is InChI=1S/C61H36N4S/c62-37-48-57(38-19-3-1-4-20-38)59(63-49-29-13-7-23-40(49)41-24-8-14-30-50(41)63)61(65-53-33-17-11-27-44(53)46-36-56-47(35-54(46)65)45-28-12-18-34-55(45)66-56)60(58(48)39-21-5-2-6-22-39)64-51-31-15-9-25-42(51)43-26-10-16-32-52(43)64/h1-36H. The van der Waals surface area contributed by atoms with Crippen molar-refractivity contribution in [2.75, 3.05) is 0 Å². The van der Waals surface area contributed by atoms with Gasteiger partial charge in [-0.25, -0.2) is 0 Å². The second-order valence-corrected chi connectivity index (χ2v) is 18.2. The van der Waals surface area contributed by atoms with E-state index in [9.17, 15) is 5.26 Å². The Bertz CT molecular complexity index is 4060. The molecule has 4 nitrogen and oxygen atoms in total. The van der Waals surface area contributed by atoms with Gasteiger partial charge in [0.05, 0.1) is 55.7 Å². The van der Waals surface area contributed by atoms with Crippen LogP contribution in [0, 0.1) is 11.3 Å². The van der Waals surface area contributed by atoms with Gasteiger partial charge < -0.3 is 13.7 Å². The van der Waals surface area contributed by atoms with Crippen LogP contribution in [0.25, 0.3) is 125 Å². The molecule has 0 aliphatic rings. The van der Waals surface area contributed by atoms with Gasteiger partial charge in [0, 0.05) is 63.6 Å². The van der Waals surface area contributed by atoms with Gasteiger partial charge in [-0.1, -0.05) is 170 Å². The fraction of sp³-hybridized carbons (Fsp3) is 0. The minimum Gasteiger partial charge on any atom is -0.306 e. The number of fused-ring (bicyclic) bond motifs is 12. The maximum Gasteiger partial charge on any atom is 0.101 e. The molecule has 0 atom stereocenters. The molecule has 14 aromatic rings. The van der Waals surface area contributed by atoms with Crippen LogP contribution >= 0.6 is 11.3 Å². The van der Waals surface area contributed by atoms with Crippen LogP contribution in [0.5, 0.6) is 0 Å². The van der Waals surface area contributed by atoms with Gasteiger partial charge in [0.15, 0.2) is 0 Å². The zero-order valence-corrected chi connectivity index (χ0v) is 36.3. The molecular formula is C61H36N4S. The number of thiophene rings is 1. The van der Waals surface area contributed by atoms with Crippen molar-refractivity contribution in [1.82, 2.24) is 13.7 Å². The van der Waals surface area contributed by atoms with Crippen LogP contribution in [-0.4, -0.2) is 13.7 Å². The lowest BCUT2D eigenvalue weighted by Crippen LogP contribution is -2.14. The SMILES string of the molecule is N#Cc1c(-c2ccccc2)c(-n2c3ccccc3c3ccccc32)c(-n2c3ccccc3c3cc4sc5ccccc5c4cc32)c(-n2c3ccccc3c3ccccc32)c1-c1ccccc1. The minimum absolute atomic E-state index is 0.608. The third-order valence-electron chi connectivity index (χ3n) is 13.7. The van der Waals surface area contributed by atoms with Gasteiger partial charge in [-0.2, -0.15) is 5.26 Å². The van der Waals surface area contributed by atoms with E-state index in [-0.39, 0.29) is 0 Å². The van der Waals surface area contributed by atoms with E-state index >= 15 is 0 Å². The van der Waals surface area contributed by atoms with Gasteiger partial charge in [0.1, 0.15) is 6.07 Å². The molecule has 4 heterocycles. The fourth-order valence-corrected chi connectivity index (χ4v) is 12.1. The summed E-state index contributed by atoms with van der Waals surface area (Å²) >= 11 is 1.85. The first kappa shape index (κ1) is 36.8. The molecule has 0 aliphatic heterocycles. The van der Waals surface area contributed by atoms with Crippen molar-refractivity contribution in [2.24, 2.45) is 0 Å². The predicted octanol–water partition coefficient (Wildman–Crippen LogP) is 16.6. The number of nitriles is 1. The second kappa shape index (κ2) is 14.2. The Kier molecular flexibility index (Phi) is 7.88. The lowest BCUT2D eigenvalue weighted by atomic mass is 9.87. The molecule has 0 spiro atoms. The molecule has 0 fully saturated rings. The van der Waals surface area contributed by atoms with Crippen LogP contribution in [0.1, 0.15) is 5.56 Å². The van der Waals surface area contributed by atoms with E-state index in [1.54, 1.807) is 0 Å². The highest BCUT2D eigenvalue weighted by Crippen LogP contribution is 2.52. The maximum absolute atomic E-state index is 12.1. The zero-order chi connectivity index (χ0) is 43.5. The minimum atomic E-state index is 0.608. The molecule has 0 unspecified atom stereocenters.